The maximum Gasteiger partial charge on any atom is 0.247 e. The number of hydrogen-bond acceptors (Lipinski definition) is 5. The number of H-pyrrole nitrogens is 1. The van der Waals surface area contributed by atoms with Gasteiger partial charge in [0.2, 0.25) is 11.8 Å². The van der Waals surface area contributed by atoms with E-state index in [0.29, 0.717) is 35.3 Å². The number of rotatable bonds is 6. The molecule has 2 aromatic heterocycles. The molecule has 0 spiro atoms. The number of halogens is 2. The largest absolute Gasteiger partial charge is 0.453 e. The predicted octanol–water partition coefficient (Wildman–Crippen LogP) is 4.27. The van der Waals surface area contributed by atoms with E-state index in [1.807, 2.05) is 0 Å². The first kappa shape index (κ1) is 21.5. The second-order valence-corrected chi connectivity index (χ2v) is 8.14. The monoisotopic (exact) mass is 463 g/mol. The summed E-state index contributed by atoms with van der Waals surface area (Å²) in [7, 11) is 0. The Hall–Kier alpha value is -4.34. The summed E-state index contributed by atoms with van der Waals surface area (Å²) in [4.78, 5) is 30.7. The predicted molar refractivity (Wildman–Crippen MR) is 120 cm³/mol. The summed E-state index contributed by atoms with van der Waals surface area (Å²) >= 11 is 0. The van der Waals surface area contributed by atoms with Gasteiger partial charge in [-0.15, -0.1) is 0 Å². The van der Waals surface area contributed by atoms with Crippen molar-refractivity contribution in [3.05, 3.63) is 72.1 Å². The number of nitrogens with zero attached hydrogens (tertiary/aromatic N) is 3. The van der Waals surface area contributed by atoms with Crippen LogP contribution in [-0.4, -0.2) is 27.0 Å². The van der Waals surface area contributed by atoms with Crippen LogP contribution >= 0.6 is 0 Å². The number of nitrogens with one attached hydrogen (secondary N) is 1. The molecule has 0 bridgehead atoms. The highest BCUT2D eigenvalue weighted by atomic mass is 19.1. The van der Waals surface area contributed by atoms with Gasteiger partial charge in [0.05, 0.1) is 11.1 Å². The molecule has 4 aromatic rings. The van der Waals surface area contributed by atoms with Gasteiger partial charge >= 0.3 is 0 Å². The first-order valence-corrected chi connectivity index (χ1v) is 10.5. The second-order valence-electron chi connectivity index (χ2n) is 8.14. The molecule has 1 saturated carbocycles. The maximum absolute atomic E-state index is 15.2. The minimum absolute atomic E-state index is 0.0839. The fraction of sp³-hybridized carbons (Fsp3) is 0.167. The Kier molecular flexibility index (Phi) is 5.00. The molecule has 2 aromatic carbocycles. The average molecular weight is 463 g/mol. The minimum atomic E-state index is -1.36. The number of aromatic amines is 1. The number of aryl methyl sites for hydroxylation is 1. The first-order valence-electron chi connectivity index (χ1n) is 10.5. The van der Waals surface area contributed by atoms with Gasteiger partial charge in [0, 0.05) is 23.6 Å². The van der Waals surface area contributed by atoms with Gasteiger partial charge in [-0.05, 0) is 62.2 Å². The van der Waals surface area contributed by atoms with Crippen molar-refractivity contribution in [1.29, 1.82) is 0 Å². The smallest absolute Gasteiger partial charge is 0.247 e. The first-order chi connectivity index (χ1) is 16.3. The summed E-state index contributed by atoms with van der Waals surface area (Å²) in [6, 6.07) is 10.7. The number of hydrogen-bond donors (Lipinski definition) is 2. The average Bonchev–Trinajstić information content (AvgIpc) is 3.55. The quantitative estimate of drug-likeness (QED) is 0.415. The van der Waals surface area contributed by atoms with E-state index in [1.165, 1.54) is 47.5 Å². The Morgan fingerprint density at radius 3 is 2.41 bits per heavy atom. The summed E-state index contributed by atoms with van der Waals surface area (Å²) in [6.07, 6.45) is 2.09. The van der Waals surface area contributed by atoms with Gasteiger partial charge in [0.25, 0.3) is 0 Å². The number of benzene rings is 2. The van der Waals surface area contributed by atoms with Crippen LogP contribution in [0.4, 0.5) is 20.2 Å². The normalized spacial score (nSPS) is 14.1. The number of primary amides is 1. The van der Waals surface area contributed by atoms with Crippen molar-refractivity contribution in [2.24, 2.45) is 11.1 Å². The van der Waals surface area contributed by atoms with Crippen LogP contribution in [0.1, 0.15) is 18.5 Å². The highest BCUT2D eigenvalue weighted by Gasteiger charge is 2.57. The summed E-state index contributed by atoms with van der Waals surface area (Å²) < 4.78 is 34.5. The fourth-order valence-electron chi connectivity index (χ4n) is 3.86. The highest BCUT2D eigenvalue weighted by molar-refractivity contribution is 6.16. The topological polar surface area (TPSA) is 114 Å². The van der Waals surface area contributed by atoms with E-state index in [-0.39, 0.29) is 17.1 Å². The third kappa shape index (κ3) is 3.53. The summed E-state index contributed by atoms with van der Waals surface area (Å²) in [5.74, 6) is -2.31. The molecule has 34 heavy (non-hydrogen) atoms. The van der Waals surface area contributed by atoms with Gasteiger partial charge < -0.3 is 10.5 Å². The molecule has 2 amide bonds. The van der Waals surface area contributed by atoms with Crippen LogP contribution in [0.3, 0.4) is 0 Å². The van der Waals surface area contributed by atoms with Gasteiger partial charge in [0.1, 0.15) is 17.0 Å². The summed E-state index contributed by atoms with van der Waals surface area (Å²) in [5, 5.41) is 7.49. The Balaban J connectivity index is 1.53. The van der Waals surface area contributed by atoms with E-state index in [2.05, 4.69) is 15.2 Å². The van der Waals surface area contributed by atoms with E-state index in [4.69, 9.17) is 10.5 Å². The molecule has 3 N–H and O–H groups in total. The van der Waals surface area contributed by atoms with E-state index in [0.717, 1.165) is 6.07 Å². The number of amides is 2. The van der Waals surface area contributed by atoms with Gasteiger partial charge in [-0.1, -0.05) is 0 Å². The van der Waals surface area contributed by atoms with Gasteiger partial charge in [0.15, 0.2) is 17.2 Å². The van der Waals surface area contributed by atoms with Crippen LogP contribution in [0.25, 0.3) is 11.0 Å². The minimum Gasteiger partial charge on any atom is -0.453 e. The van der Waals surface area contributed by atoms with Crippen molar-refractivity contribution in [2.75, 3.05) is 4.90 Å². The molecule has 1 aliphatic rings. The van der Waals surface area contributed by atoms with Crippen molar-refractivity contribution in [2.45, 2.75) is 19.8 Å². The SMILES string of the molecule is Cc1[nH]nc2nccc(Oc3ccc(N(C(=O)C4(C(N)=O)CC4)c4ccc(F)cc4)cc3F)c12. The van der Waals surface area contributed by atoms with Gasteiger partial charge in [-0.2, -0.15) is 5.10 Å². The Morgan fingerprint density at radius 2 is 1.76 bits per heavy atom. The molecule has 0 atom stereocenters. The lowest BCUT2D eigenvalue weighted by molar-refractivity contribution is -0.133. The van der Waals surface area contributed by atoms with Crippen LogP contribution in [0.5, 0.6) is 11.5 Å². The Morgan fingerprint density at radius 1 is 1.06 bits per heavy atom. The second kappa shape index (κ2) is 7.91. The molecule has 1 fully saturated rings. The van der Waals surface area contributed by atoms with Crippen molar-refractivity contribution in [3.63, 3.8) is 0 Å². The molecule has 8 nitrogen and oxygen atoms in total. The summed E-state index contributed by atoms with van der Waals surface area (Å²) in [5.41, 5.74) is 5.69. The molecule has 2 heterocycles. The number of ether oxygens (including phenoxy) is 1. The number of pyridine rings is 1. The van der Waals surface area contributed by atoms with Gasteiger partial charge in [-0.25, -0.2) is 13.8 Å². The number of carbonyl (C=O) groups excluding carboxylic acids is 2. The van der Waals surface area contributed by atoms with Crippen LogP contribution in [0.2, 0.25) is 0 Å². The molecular weight excluding hydrogens is 444 g/mol. The van der Waals surface area contributed by atoms with Crippen molar-refractivity contribution >= 4 is 34.2 Å². The molecule has 172 valence electrons. The maximum atomic E-state index is 15.2. The third-order valence-electron chi connectivity index (χ3n) is 5.91. The molecule has 0 radical (unpaired) electrons. The fourth-order valence-corrected chi connectivity index (χ4v) is 3.86. The zero-order chi connectivity index (χ0) is 24.0. The summed E-state index contributed by atoms with van der Waals surface area (Å²) in [6.45, 7) is 1.79. The molecule has 10 heteroatoms. The van der Waals surface area contributed by atoms with E-state index >= 15 is 4.39 Å². The lowest BCUT2D eigenvalue weighted by Crippen LogP contribution is -2.41. The third-order valence-corrected chi connectivity index (χ3v) is 5.91. The standard InChI is InChI=1S/C24H19F2N5O3/c1-13-20-19(8-11-28-21(20)30-29-13)34-18-7-6-16(12-17(18)26)31(15-4-2-14(25)3-5-15)23(33)24(9-10-24)22(27)32/h2-8,11-12H,9-10H2,1H3,(H2,27,32)(H,28,29,30). The van der Waals surface area contributed by atoms with Crippen molar-refractivity contribution < 1.29 is 23.1 Å². The molecule has 0 unspecified atom stereocenters. The van der Waals surface area contributed by atoms with Crippen LogP contribution in [0, 0.1) is 24.0 Å². The van der Waals surface area contributed by atoms with Crippen molar-refractivity contribution in [3.8, 4) is 11.5 Å². The van der Waals surface area contributed by atoms with Crippen LogP contribution in [-0.2, 0) is 9.59 Å². The number of anilines is 2. The number of aromatic nitrogens is 3. The lowest BCUT2D eigenvalue weighted by atomic mass is 10.0. The van der Waals surface area contributed by atoms with E-state index < -0.39 is 28.9 Å². The highest BCUT2D eigenvalue weighted by Crippen LogP contribution is 2.49. The number of carbonyl (C=O) groups is 2. The van der Waals surface area contributed by atoms with Crippen LogP contribution < -0.4 is 15.4 Å². The van der Waals surface area contributed by atoms with Crippen LogP contribution in [0.15, 0.2) is 54.7 Å². The van der Waals surface area contributed by atoms with E-state index in [1.54, 1.807) is 13.0 Å². The zero-order valence-electron chi connectivity index (χ0n) is 18.0. The lowest BCUT2D eigenvalue weighted by Gasteiger charge is -2.26. The number of nitrogens with two attached hydrogens (primary N) is 1. The molecule has 1 aliphatic carbocycles. The Labute approximate surface area is 192 Å². The van der Waals surface area contributed by atoms with Gasteiger partial charge in [-0.3, -0.25) is 19.6 Å². The zero-order valence-corrected chi connectivity index (χ0v) is 18.0. The molecule has 5 rings (SSSR count). The van der Waals surface area contributed by atoms with E-state index in [9.17, 15) is 14.0 Å². The molecule has 0 saturated heterocycles. The number of fused-ring (bicyclic) bond motifs is 1. The molecule has 0 aliphatic heterocycles. The van der Waals surface area contributed by atoms with Crippen molar-refractivity contribution in [1.82, 2.24) is 15.2 Å². The Bertz CT molecular complexity index is 1430. The molecular formula is C24H19F2N5O3.